The molecule has 3 aromatic carbocycles. The Morgan fingerprint density at radius 2 is 1.36 bits per heavy atom. The van der Waals surface area contributed by atoms with Crippen molar-refractivity contribution in [3.05, 3.63) is 84.6 Å². The number of hydrogen-bond donors (Lipinski definition) is 1. The van der Waals surface area contributed by atoms with Gasteiger partial charge >= 0.3 is 0 Å². The second kappa shape index (κ2) is 7.11. The van der Waals surface area contributed by atoms with Crippen LogP contribution in [0.25, 0.3) is 33.2 Å². The summed E-state index contributed by atoms with van der Waals surface area (Å²) in [6, 6.07) is 26.1. The third kappa shape index (κ3) is 3.30. The molecule has 1 aromatic heterocycles. The first-order chi connectivity index (χ1) is 11.7. The molecule has 4 aromatic rings. The maximum atomic E-state index is 9.55. The van der Waals surface area contributed by atoms with Crippen molar-refractivity contribution in [1.29, 1.82) is 0 Å². The number of phenolic OH excluding ortho intramolecular Hbond substituents is 1. The normalized spacial score (nSPS) is 10.4. The summed E-state index contributed by atoms with van der Waals surface area (Å²) in [5.41, 5.74) is 6.51. The van der Waals surface area contributed by atoms with E-state index >= 15 is 0 Å². The van der Waals surface area contributed by atoms with Gasteiger partial charge in [0.15, 0.2) is 0 Å². The van der Waals surface area contributed by atoms with Crippen LogP contribution in [0.5, 0.6) is 5.75 Å². The average Bonchev–Trinajstić information content (AvgIpc) is 2.62. The molecule has 3 radical (unpaired) electrons. The zero-order chi connectivity index (χ0) is 16.5. The Balaban J connectivity index is 0.00000182. The molecule has 0 unspecified atom stereocenters. The molecule has 0 spiro atoms. The molecular formula is C22H17AlNO. The molecule has 0 aliphatic rings. The molecule has 0 atom stereocenters. The van der Waals surface area contributed by atoms with Crippen molar-refractivity contribution < 1.29 is 5.11 Å². The molecule has 2 nitrogen and oxygen atoms in total. The van der Waals surface area contributed by atoms with Gasteiger partial charge in [-0.05, 0) is 41.8 Å². The van der Waals surface area contributed by atoms with E-state index in [1.807, 2.05) is 37.3 Å². The van der Waals surface area contributed by atoms with Crippen LogP contribution >= 0.6 is 0 Å². The Labute approximate surface area is 157 Å². The first kappa shape index (κ1) is 17.2. The molecule has 0 aliphatic carbocycles. The van der Waals surface area contributed by atoms with Gasteiger partial charge in [-0.15, -0.1) is 0 Å². The minimum atomic E-state index is 0. The van der Waals surface area contributed by atoms with E-state index in [2.05, 4.69) is 36.4 Å². The van der Waals surface area contributed by atoms with Crippen LogP contribution in [0.15, 0.2) is 78.9 Å². The predicted molar refractivity (Wildman–Crippen MR) is 105 cm³/mol. The summed E-state index contributed by atoms with van der Waals surface area (Å²) in [6.07, 6.45) is 0. The summed E-state index contributed by atoms with van der Waals surface area (Å²) in [6.45, 7) is 2.02. The SMILES string of the molecule is Cc1ccc2cccc(-c3ccccc3-c3ccc(O)cc3)c2n1.[Al]. The summed E-state index contributed by atoms with van der Waals surface area (Å²) in [7, 11) is 0. The first-order valence-electron chi connectivity index (χ1n) is 7.97. The lowest BCUT2D eigenvalue weighted by Crippen LogP contribution is -1.90. The average molecular weight is 338 g/mol. The maximum Gasteiger partial charge on any atom is 0.115 e. The van der Waals surface area contributed by atoms with E-state index in [1.165, 1.54) is 0 Å². The summed E-state index contributed by atoms with van der Waals surface area (Å²) < 4.78 is 0. The summed E-state index contributed by atoms with van der Waals surface area (Å²) in [4.78, 5) is 4.76. The van der Waals surface area contributed by atoms with E-state index in [9.17, 15) is 5.11 Å². The van der Waals surface area contributed by atoms with E-state index in [-0.39, 0.29) is 23.1 Å². The topological polar surface area (TPSA) is 33.1 Å². The van der Waals surface area contributed by atoms with Gasteiger partial charge in [0, 0.05) is 34.0 Å². The van der Waals surface area contributed by atoms with Crippen molar-refractivity contribution in [1.82, 2.24) is 4.98 Å². The smallest absolute Gasteiger partial charge is 0.115 e. The van der Waals surface area contributed by atoms with Gasteiger partial charge in [0.25, 0.3) is 0 Å². The maximum absolute atomic E-state index is 9.55. The van der Waals surface area contributed by atoms with E-state index in [0.29, 0.717) is 0 Å². The number of pyridine rings is 1. The highest BCUT2D eigenvalue weighted by atomic mass is 27.0. The van der Waals surface area contributed by atoms with E-state index in [4.69, 9.17) is 4.98 Å². The molecule has 0 bridgehead atoms. The minimum Gasteiger partial charge on any atom is -0.508 e. The molecule has 0 fully saturated rings. The van der Waals surface area contributed by atoms with E-state index in [0.717, 1.165) is 38.9 Å². The molecule has 0 aliphatic heterocycles. The number of nitrogens with zero attached hydrogens (tertiary/aromatic N) is 1. The van der Waals surface area contributed by atoms with Crippen molar-refractivity contribution >= 4 is 28.3 Å². The second-order valence-corrected chi connectivity index (χ2v) is 5.92. The number of aromatic nitrogens is 1. The molecule has 3 heteroatoms. The standard InChI is InChI=1S/C22H17NO.Al/c1-15-9-10-17-5-4-8-21(22(17)23-15)20-7-3-2-6-19(20)16-11-13-18(24)14-12-16;/h2-14,24H,1H3;. The highest BCUT2D eigenvalue weighted by molar-refractivity contribution is 5.98. The van der Waals surface area contributed by atoms with Crippen LogP contribution in [0.3, 0.4) is 0 Å². The van der Waals surface area contributed by atoms with Crippen LogP contribution in [-0.2, 0) is 0 Å². The molecule has 4 rings (SSSR count). The Morgan fingerprint density at radius 3 is 2.12 bits per heavy atom. The molecule has 119 valence electrons. The van der Waals surface area contributed by atoms with Crippen LogP contribution in [0.2, 0.25) is 0 Å². The van der Waals surface area contributed by atoms with Gasteiger partial charge in [0.1, 0.15) is 5.75 Å². The highest BCUT2D eigenvalue weighted by Crippen LogP contribution is 2.35. The monoisotopic (exact) mass is 338 g/mol. The predicted octanol–water partition coefficient (Wildman–Crippen LogP) is 5.20. The van der Waals surface area contributed by atoms with Gasteiger partial charge in [-0.1, -0.05) is 60.7 Å². The van der Waals surface area contributed by atoms with Gasteiger partial charge in [-0.3, -0.25) is 4.98 Å². The number of benzene rings is 3. The Hall–Kier alpha value is -2.60. The Bertz CT molecular complexity index is 1030. The molecule has 0 amide bonds. The summed E-state index contributed by atoms with van der Waals surface area (Å²) >= 11 is 0. The van der Waals surface area contributed by atoms with Crippen molar-refractivity contribution in [3.63, 3.8) is 0 Å². The number of para-hydroxylation sites is 1. The van der Waals surface area contributed by atoms with Crippen molar-refractivity contribution in [2.75, 3.05) is 0 Å². The van der Waals surface area contributed by atoms with Crippen LogP contribution in [-0.4, -0.2) is 27.5 Å². The molecule has 1 heterocycles. The molecule has 0 saturated carbocycles. The van der Waals surface area contributed by atoms with Crippen molar-refractivity contribution in [2.24, 2.45) is 0 Å². The van der Waals surface area contributed by atoms with Gasteiger partial charge in [-0.2, -0.15) is 0 Å². The van der Waals surface area contributed by atoms with E-state index in [1.54, 1.807) is 12.1 Å². The van der Waals surface area contributed by atoms with E-state index < -0.39 is 0 Å². The third-order valence-electron chi connectivity index (χ3n) is 4.26. The largest absolute Gasteiger partial charge is 0.508 e. The first-order valence-corrected chi connectivity index (χ1v) is 7.97. The lowest BCUT2D eigenvalue weighted by molar-refractivity contribution is 0.475. The van der Waals surface area contributed by atoms with Gasteiger partial charge in [-0.25, -0.2) is 0 Å². The summed E-state index contributed by atoms with van der Waals surface area (Å²) in [5, 5.41) is 10.7. The lowest BCUT2D eigenvalue weighted by Gasteiger charge is -2.12. The lowest BCUT2D eigenvalue weighted by atomic mass is 9.93. The molecule has 0 saturated heterocycles. The second-order valence-electron chi connectivity index (χ2n) is 5.92. The van der Waals surface area contributed by atoms with Crippen molar-refractivity contribution in [3.8, 4) is 28.0 Å². The Kier molecular flexibility index (Phi) is 4.90. The fraction of sp³-hybridized carbons (Fsp3) is 0.0455. The van der Waals surface area contributed by atoms with Crippen LogP contribution in [0, 0.1) is 6.92 Å². The number of aryl methyl sites for hydroxylation is 1. The number of aromatic hydroxyl groups is 1. The van der Waals surface area contributed by atoms with Gasteiger partial charge < -0.3 is 5.11 Å². The van der Waals surface area contributed by atoms with Gasteiger partial charge in [0.05, 0.1) is 5.52 Å². The fourth-order valence-corrected chi connectivity index (χ4v) is 3.07. The van der Waals surface area contributed by atoms with Crippen LogP contribution in [0.4, 0.5) is 0 Å². The third-order valence-corrected chi connectivity index (χ3v) is 4.26. The zero-order valence-electron chi connectivity index (χ0n) is 14.0. The number of hydrogen-bond acceptors (Lipinski definition) is 2. The Morgan fingerprint density at radius 1 is 0.680 bits per heavy atom. The molecular weight excluding hydrogens is 321 g/mol. The minimum absolute atomic E-state index is 0. The number of fused-ring (bicyclic) bond motifs is 1. The van der Waals surface area contributed by atoms with Crippen LogP contribution < -0.4 is 0 Å². The van der Waals surface area contributed by atoms with Crippen molar-refractivity contribution in [2.45, 2.75) is 6.92 Å². The molecule has 25 heavy (non-hydrogen) atoms. The quantitative estimate of drug-likeness (QED) is 0.510. The zero-order valence-corrected chi connectivity index (χ0v) is 15.1. The van der Waals surface area contributed by atoms with Crippen LogP contribution in [0.1, 0.15) is 5.69 Å². The highest BCUT2D eigenvalue weighted by Gasteiger charge is 2.11. The summed E-state index contributed by atoms with van der Waals surface area (Å²) in [5.74, 6) is 0.277. The molecule has 1 N–H and O–H groups in total. The van der Waals surface area contributed by atoms with Gasteiger partial charge in [0.2, 0.25) is 0 Å². The number of rotatable bonds is 2. The number of phenols is 1. The fourth-order valence-electron chi connectivity index (χ4n) is 3.07.